The number of amides is 3. The molecule has 0 spiro atoms. The van der Waals surface area contributed by atoms with Crippen LogP contribution in [-0.2, 0) is 20.9 Å². The molecule has 0 aliphatic carbocycles. The number of imide groups is 1. The molecule has 2 saturated heterocycles. The summed E-state index contributed by atoms with van der Waals surface area (Å²) in [5, 5.41) is 0.419. The lowest BCUT2D eigenvalue weighted by Gasteiger charge is -2.28. The standard InChI is InChI=1S/C25H22FN3O4S/c26-20-7-3-1-5-17(20)14-28-15-18(19-6-2-4-8-21(19)28)13-22-24(31)29(25(32)34-22)16-23(30)27-9-11-33-12-10-27/h1-8,13,15H,9-12,14,16H2. The number of rotatable bonds is 5. The Hall–Kier alpha value is -3.43. The summed E-state index contributed by atoms with van der Waals surface area (Å²) in [6.07, 6.45) is 3.52. The van der Waals surface area contributed by atoms with E-state index in [1.807, 2.05) is 35.0 Å². The predicted molar refractivity (Wildman–Crippen MR) is 128 cm³/mol. The summed E-state index contributed by atoms with van der Waals surface area (Å²) in [6, 6.07) is 14.2. The van der Waals surface area contributed by atoms with Crippen molar-refractivity contribution in [3.63, 3.8) is 0 Å². The zero-order valence-corrected chi connectivity index (χ0v) is 19.1. The van der Waals surface area contributed by atoms with Gasteiger partial charge in [0.05, 0.1) is 24.7 Å². The van der Waals surface area contributed by atoms with Crippen LogP contribution in [0.25, 0.3) is 17.0 Å². The third-order valence-electron chi connectivity index (χ3n) is 5.94. The Morgan fingerprint density at radius 1 is 1.06 bits per heavy atom. The van der Waals surface area contributed by atoms with Crippen LogP contribution in [0.3, 0.4) is 0 Å². The van der Waals surface area contributed by atoms with Crippen LogP contribution < -0.4 is 0 Å². The number of para-hydroxylation sites is 1. The van der Waals surface area contributed by atoms with Gasteiger partial charge in [-0.25, -0.2) is 4.39 Å². The molecule has 34 heavy (non-hydrogen) atoms. The monoisotopic (exact) mass is 479 g/mol. The van der Waals surface area contributed by atoms with Gasteiger partial charge in [0, 0.05) is 41.3 Å². The highest BCUT2D eigenvalue weighted by molar-refractivity contribution is 8.18. The topological polar surface area (TPSA) is 71.9 Å². The molecule has 2 aliphatic heterocycles. The molecule has 0 unspecified atom stereocenters. The fourth-order valence-electron chi connectivity index (χ4n) is 4.16. The van der Waals surface area contributed by atoms with Crippen LogP contribution in [0.2, 0.25) is 0 Å². The second-order valence-electron chi connectivity index (χ2n) is 8.08. The molecule has 7 nitrogen and oxygen atoms in total. The van der Waals surface area contributed by atoms with Gasteiger partial charge >= 0.3 is 0 Å². The molecule has 2 aromatic carbocycles. The molecule has 0 atom stereocenters. The third kappa shape index (κ3) is 4.36. The molecule has 0 radical (unpaired) electrons. The Bertz CT molecular complexity index is 1310. The minimum Gasteiger partial charge on any atom is -0.378 e. The first-order valence-corrected chi connectivity index (χ1v) is 11.7. The lowest BCUT2D eigenvalue weighted by atomic mass is 10.1. The summed E-state index contributed by atoms with van der Waals surface area (Å²) in [5.41, 5.74) is 2.19. The summed E-state index contributed by atoms with van der Waals surface area (Å²) >= 11 is 0.823. The van der Waals surface area contributed by atoms with Crippen molar-refractivity contribution >= 4 is 45.8 Å². The number of morpholine rings is 1. The number of aromatic nitrogens is 1. The van der Waals surface area contributed by atoms with Crippen LogP contribution in [-0.4, -0.2) is 64.3 Å². The lowest BCUT2D eigenvalue weighted by Crippen LogP contribution is -2.46. The zero-order chi connectivity index (χ0) is 23.7. The Morgan fingerprint density at radius 3 is 2.59 bits per heavy atom. The van der Waals surface area contributed by atoms with Crippen LogP contribution in [0.4, 0.5) is 9.18 Å². The third-order valence-corrected chi connectivity index (χ3v) is 6.84. The van der Waals surface area contributed by atoms with Crippen LogP contribution in [0, 0.1) is 5.82 Å². The lowest BCUT2D eigenvalue weighted by molar-refractivity contribution is -0.139. The van der Waals surface area contributed by atoms with Gasteiger partial charge in [-0.05, 0) is 30.0 Å². The first-order valence-electron chi connectivity index (χ1n) is 10.9. The Kier molecular flexibility index (Phi) is 6.21. The van der Waals surface area contributed by atoms with Crippen molar-refractivity contribution in [3.8, 4) is 0 Å². The number of carbonyl (C=O) groups is 3. The molecular formula is C25H22FN3O4S. The number of fused-ring (bicyclic) bond motifs is 1. The fourth-order valence-corrected chi connectivity index (χ4v) is 4.99. The average molecular weight is 480 g/mol. The second kappa shape index (κ2) is 9.44. The quantitative estimate of drug-likeness (QED) is 0.522. The summed E-state index contributed by atoms with van der Waals surface area (Å²) in [6.45, 7) is 1.85. The van der Waals surface area contributed by atoms with Gasteiger partial charge in [-0.1, -0.05) is 36.4 Å². The highest BCUT2D eigenvalue weighted by Gasteiger charge is 2.37. The molecule has 0 bridgehead atoms. The van der Waals surface area contributed by atoms with E-state index in [1.54, 1.807) is 29.2 Å². The van der Waals surface area contributed by atoms with E-state index < -0.39 is 11.1 Å². The van der Waals surface area contributed by atoms with Crippen molar-refractivity contribution in [2.75, 3.05) is 32.8 Å². The fraction of sp³-hybridized carbons (Fsp3) is 0.240. The normalized spacial score (nSPS) is 17.9. The van der Waals surface area contributed by atoms with Crippen molar-refractivity contribution in [1.82, 2.24) is 14.4 Å². The van der Waals surface area contributed by atoms with Gasteiger partial charge in [-0.3, -0.25) is 19.3 Å². The molecule has 3 aromatic rings. The average Bonchev–Trinajstić information content (AvgIpc) is 3.33. The van der Waals surface area contributed by atoms with Gasteiger partial charge in [0.25, 0.3) is 11.1 Å². The number of benzene rings is 2. The largest absolute Gasteiger partial charge is 0.378 e. The maximum atomic E-state index is 14.2. The second-order valence-corrected chi connectivity index (χ2v) is 9.08. The van der Waals surface area contributed by atoms with Crippen LogP contribution >= 0.6 is 11.8 Å². The molecule has 1 aromatic heterocycles. The Labute approximate surface area is 199 Å². The zero-order valence-electron chi connectivity index (χ0n) is 18.3. The van der Waals surface area contributed by atoms with E-state index in [-0.39, 0.29) is 23.2 Å². The Balaban J connectivity index is 1.41. The number of carbonyl (C=O) groups excluding carboxylic acids is 3. The van der Waals surface area contributed by atoms with E-state index in [2.05, 4.69) is 0 Å². The van der Waals surface area contributed by atoms with Gasteiger partial charge < -0.3 is 14.2 Å². The minimum atomic E-state index is -0.484. The highest BCUT2D eigenvalue weighted by Crippen LogP contribution is 2.34. The van der Waals surface area contributed by atoms with E-state index in [9.17, 15) is 18.8 Å². The minimum absolute atomic E-state index is 0.258. The molecule has 3 amide bonds. The van der Waals surface area contributed by atoms with E-state index >= 15 is 0 Å². The summed E-state index contributed by atoms with van der Waals surface area (Å²) in [5.74, 6) is -1.04. The van der Waals surface area contributed by atoms with E-state index in [0.29, 0.717) is 38.4 Å². The van der Waals surface area contributed by atoms with Gasteiger partial charge in [0.2, 0.25) is 5.91 Å². The highest BCUT2D eigenvalue weighted by atomic mass is 32.2. The first kappa shape index (κ1) is 22.4. The smallest absolute Gasteiger partial charge is 0.294 e. The van der Waals surface area contributed by atoms with Crippen molar-refractivity contribution in [3.05, 3.63) is 76.6 Å². The number of hydrogen-bond donors (Lipinski definition) is 0. The maximum absolute atomic E-state index is 14.2. The molecule has 2 fully saturated rings. The molecular weight excluding hydrogens is 457 g/mol. The van der Waals surface area contributed by atoms with Crippen molar-refractivity contribution in [2.45, 2.75) is 6.54 Å². The molecule has 9 heteroatoms. The molecule has 174 valence electrons. The van der Waals surface area contributed by atoms with Crippen molar-refractivity contribution in [2.24, 2.45) is 0 Å². The SMILES string of the molecule is O=C(CN1C(=O)SC(=Cc2cn(Cc3ccccc3F)c3ccccc23)C1=O)N1CCOCC1. The van der Waals surface area contributed by atoms with E-state index in [0.717, 1.165) is 33.1 Å². The van der Waals surface area contributed by atoms with Crippen molar-refractivity contribution in [1.29, 1.82) is 0 Å². The number of hydrogen-bond acceptors (Lipinski definition) is 5. The van der Waals surface area contributed by atoms with Crippen LogP contribution in [0.15, 0.2) is 59.6 Å². The molecule has 0 N–H and O–H groups in total. The number of halogens is 1. The van der Waals surface area contributed by atoms with Crippen LogP contribution in [0.5, 0.6) is 0 Å². The summed E-state index contributed by atoms with van der Waals surface area (Å²) < 4.78 is 21.4. The van der Waals surface area contributed by atoms with E-state index in [1.165, 1.54) is 6.07 Å². The van der Waals surface area contributed by atoms with Gasteiger partial charge in [0.15, 0.2) is 0 Å². The summed E-state index contributed by atoms with van der Waals surface area (Å²) in [4.78, 5) is 40.9. The number of ether oxygens (including phenoxy) is 1. The first-order chi connectivity index (χ1) is 16.5. The molecule has 5 rings (SSSR count). The number of thioether (sulfide) groups is 1. The van der Waals surface area contributed by atoms with Crippen LogP contribution in [0.1, 0.15) is 11.1 Å². The molecule has 3 heterocycles. The van der Waals surface area contributed by atoms with Gasteiger partial charge in [-0.15, -0.1) is 0 Å². The Morgan fingerprint density at radius 2 is 1.79 bits per heavy atom. The van der Waals surface area contributed by atoms with Gasteiger partial charge in [-0.2, -0.15) is 0 Å². The van der Waals surface area contributed by atoms with E-state index in [4.69, 9.17) is 4.74 Å². The maximum Gasteiger partial charge on any atom is 0.294 e. The number of nitrogens with zero attached hydrogens (tertiary/aromatic N) is 3. The predicted octanol–water partition coefficient (Wildman–Crippen LogP) is 3.72. The molecule has 0 saturated carbocycles. The summed E-state index contributed by atoms with van der Waals surface area (Å²) in [7, 11) is 0. The molecule has 2 aliphatic rings. The van der Waals surface area contributed by atoms with Gasteiger partial charge in [0.1, 0.15) is 12.4 Å². The van der Waals surface area contributed by atoms with Crippen molar-refractivity contribution < 1.29 is 23.5 Å².